The molecule has 2 aliphatic carbocycles. The largest absolute Gasteiger partial charge is 0.493 e. The van der Waals surface area contributed by atoms with E-state index in [1.165, 1.54) is 18.2 Å². The van der Waals surface area contributed by atoms with E-state index in [0.717, 1.165) is 31.6 Å². The molecule has 4 N–H and O–H groups in total. The number of methoxy groups -OCH3 is 2. The van der Waals surface area contributed by atoms with Gasteiger partial charge in [-0.25, -0.2) is 4.79 Å². The first kappa shape index (κ1) is 40.1. The molecule has 55 heavy (non-hydrogen) atoms. The summed E-state index contributed by atoms with van der Waals surface area (Å²) in [6, 6.07) is 3.87. The van der Waals surface area contributed by atoms with Crippen LogP contribution in [0.25, 0.3) is 0 Å². The van der Waals surface area contributed by atoms with E-state index in [9.17, 15) is 19.2 Å². The molecule has 1 spiro atoms. The Morgan fingerprint density at radius 3 is 2.64 bits per heavy atom. The molecule has 0 saturated carbocycles. The SMILES string of the molecule is CN=C(N)NCCC[C@H](CC(=O)OC(C)(C)C)C(=O)NCC1CC(C(=O)OC)CCN1C(=O)OC1=CC[C@H]2[C@H]3Cc4ccc(OC)c5c4[C@@]2(CCN3C)[C@H]1O5. The second-order valence-corrected chi connectivity index (χ2v) is 16.5. The Bertz CT molecular complexity index is 1710. The number of carbonyl (C=O) groups excluding carboxylic acids is 4. The van der Waals surface area contributed by atoms with E-state index in [1.807, 2.05) is 12.1 Å². The van der Waals surface area contributed by atoms with Crippen LogP contribution >= 0.6 is 0 Å². The summed E-state index contributed by atoms with van der Waals surface area (Å²) in [6.07, 6.45) is 4.92. The molecule has 15 heteroatoms. The molecule has 15 nitrogen and oxygen atoms in total. The summed E-state index contributed by atoms with van der Waals surface area (Å²) < 4.78 is 29.5. The minimum atomic E-state index is -0.710. The molecule has 2 amide bonds. The number of benzene rings is 1. The third kappa shape index (κ3) is 8.08. The molecular formula is C40H58N6O9. The van der Waals surface area contributed by atoms with Crippen LogP contribution in [0.5, 0.6) is 11.5 Å². The summed E-state index contributed by atoms with van der Waals surface area (Å²) in [4.78, 5) is 61.5. The fourth-order valence-electron chi connectivity index (χ4n) is 9.51. The zero-order chi connectivity index (χ0) is 39.7. The van der Waals surface area contributed by atoms with Gasteiger partial charge in [-0.05, 0) is 103 Å². The second kappa shape index (κ2) is 16.3. The molecule has 3 heterocycles. The van der Waals surface area contributed by atoms with Gasteiger partial charge in [0.25, 0.3) is 0 Å². The van der Waals surface area contributed by atoms with Crippen LogP contribution in [0.1, 0.15) is 76.8 Å². The van der Waals surface area contributed by atoms with Crippen LogP contribution in [0.4, 0.5) is 4.79 Å². The highest BCUT2D eigenvalue weighted by molar-refractivity contribution is 5.84. The molecule has 0 radical (unpaired) electrons. The average molecular weight is 767 g/mol. The van der Waals surface area contributed by atoms with Gasteiger partial charge in [-0.15, -0.1) is 0 Å². The Hall–Kier alpha value is -4.53. The summed E-state index contributed by atoms with van der Waals surface area (Å²) in [7, 11) is 6.74. The number of hydrogen-bond acceptors (Lipinski definition) is 11. The van der Waals surface area contributed by atoms with E-state index < -0.39 is 41.6 Å². The van der Waals surface area contributed by atoms with Crippen LogP contribution in [0.3, 0.4) is 0 Å². The number of piperidine rings is 2. The van der Waals surface area contributed by atoms with Crippen molar-refractivity contribution >= 4 is 29.9 Å². The first-order valence-corrected chi connectivity index (χ1v) is 19.5. The maximum Gasteiger partial charge on any atom is 0.415 e. The lowest BCUT2D eigenvalue weighted by atomic mass is 9.53. The number of carbonyl (C=O) groups is 4. The zero-order valence-electron chi connectivity index (χ0n) is 33.3. The van der Waals surface area contributed by atoms with Crippen LogP contribution in [-0.2, 0) is 40.4 Å². The Balaban J connectivity index is 1.19. The van der Waals surface area contributed by atoms with Crippen LogP contribution < -0.4 is 25.8 Å². The number of amides is 2. The summed E-state index contributed by atoms with van der Waals surface area (Å²) >= 11 is 0. The number of aliphatic imine (C=N–C) groups is 1. The van der Waals surface area contributed by atoms with Crippen molar-refractivity contribution in [3.05, 3.63) is 35.1 Å². The maximum absolute atomic E-state index is 14.3. The summed E-state index contributed by atoms with van der Waals surface area (Å²) in [5.74, 6) is 0.0887. The zero-order valence-corrected chi connectivity index (χ0v) is 33.3. The fourth-order valence-corrected chi connectivity index (χ4v) is 9.51. The lowest BCUT2D eigenvalue weighted by Crippen LogP contribution is -2.63. The molecule has 1 aromatic rings. The smallest absolute Gasteiger partial charge is 0.415 e. The number of esters is 2. The second-order valence-electron chi connectivity index (χ2n) is 16.5. The number of nitrogens with zero attached hydrogens (tertiary/aromatic N) is 3. The Labute approximate surface area is 323 Å². The number of likely N-dealkylation sites (N-methyl/N-ethyl adjacent to an activating group) is 1. The third-order valence-electron chi connectivity index (χ3n) is 12.1. The predicted octanol–water partition coefficient (Wildman–Crippen LogP) is 3.03. The number of hydrogen-bond donors (Lipinski definition) is 3. The number of rotatable bonds is 12. The molecule has 2 saturated heterocycles. The van der Waals surface area contributed by atoms with Crippen molar-refractivity contribution in [1.82, 2.24) is 20.4 Å². The minimum Gasteiger partial charge on any atom is -0.493 e. The van der Waals surface area contributed by atoms with E-state index in [1.54, 1.807) is 39.8 Å². The van der Waals surface area contributed by atoms with Gasteiger partial charge in [0.15, 0.2) is 23.6 Å². The predicted molar refractivity (Wildman–Crippen MR) is 203 cm³/mol. The third-order valence-corrected chi connectivity index (χ3v) is 12.1. The molecule has 7 atom stereocenters. The number of ether oxygens (including phenoxy) is 5. The molecule has 2 bridgehead atoms. The van der Waals surface area contributed by atoms with E-state index in [0.29, 0.717) is 49.3 Å². The monoisotopic (exact) mass is 766 g/mol. The van der Waals surface area contributed by atoms with E-state index >= 15 is 0 Å². The van der Waals surface area contributed by atoms with E-state index in [4.69, 9.17) is 29.4 Å². The van der Waals surface area contributed by atoms with Crippen LogP contribution in [0, 0.1) is 17.8 Å². The van der Waals surface area contributed by atoms with Crippen molar-refractivity contribution in [3.8, 4) is 11.5 Å². The van der Waals surface area contributed by atoms with Gasteiger partial charge in [0.2, 0.25) is 5.91 Å². The van der Waals surface area contributed by atoms with Crippen LogP contribution in [-0.4, -0.2) is 118 Å². The van der Waals surface area contributed by atoms with Crippen molar-refractivity contribution < 1.29 is 42.9 Å². The van der Waals surface area contributed by atoms with Gasteiger partial charge < -0.3 is 49.9 Å². The molecular weight excluding hydrogens is 708 g/mol. The Morgan fingerprint density at radius 1 is 1.15 bits per heavy atom. The summed E-state index contributed by atoms with van der Waals surface area (Å²) in [5.41, 5.74) is 7.14. The van der Waals surface area contributed by atoms with Crippen molar-refractivity contribution in [1.29, 1.82) is 0 Å². The molecule has 5 aliphatic rings. The number of guanidine groups is 1. The lowest BCUT2D eigenvalue weighted by Gasteiger charge is -2.56. The standard InChI is InChI=1S/C40H58N6O9/c1-39(2,3)55-31(47)21-24(9-8-16-43-37(41)42-4)35(48)44-22-26-19-25(36(49)52-7)14-17-46(26)38(50)53-30-13-11-27-28-20-23-10-12-29(51-6)33-32(23)40(27,34(30)54-33)15-18-45(28)5/h10,12-13,24-28,34H,8-9,11,14-22H2,1-7H3,(H,44,48)(H3,41,42,43)/t24-,25?,26?,27+,28-,34+,40+/m1/s1. The molecule has 2 unspecified atom stereocenters. The van der Waals surface area contributed by atoms with Gasteiger partial charge in [0.05, 0.1) is 32.6 Å². The normalized spacial score (nSPS) is 27.5. The van der Waals surface area contributed by atoms with Gasteiger partial charge >= 0.3 is 18.0 Å². The number of allylic oxidation sites excluding steroid dienone is 1. The number of likely N-dealkylation sites (tertiary alicyclic amines) is 2. The molecule has 302 valence electrons. The molecule has 1 aromatic carbocycles. The first-order chi connectivity index (χ1) is 26.2. The van der Waals surface area contributed by atoms with Gasteiger partial charge in [-0.1, -0.05) is 6.07 Å². The van der Waals surface area contributed by atoms with Gasteiger partial charge in [-0.3, -0.25) is 19.4 Å². The quantitative estimate of drug-likeness (QED) is 0.0932. The van der Waals surface area contributed by atoms with Crippen molar-refractivity contribution in [2.75, 3.05) is 54.5 Å². The Kier molecular flexibility index (Phi) is 11.9. The minimum absolute atomic E-state index is 0.0466. The van der Waals surface area contributed by atoms with Crippen LogP contribution in [0.15, 0.2) is 29.0 Å². The molecule has 3 aliphatic heterocycles. The van der Waals surface area contributed by atoms with E-state index in [2.05, 4.69) is 33.6 Å². The van der Waals surface area contributed by atoms with Gasteiger partial charge in [0, 0.05) is 49.6 Å². The fraction of sp³-hybridized carbons (Fsp3) is 0.675. The van der Waals surface area contributed by atoms with Gasteiger partial charge in [0.1, 0.15) is 11.4 Å². The van der Waals surface area contributed by atoms with Crippen molar-refractivity contribution in [2.45, 2.75) is 101 Å². The Morgan fingerprint density at radius 2 is 1.93 bits per heavy atom. The number of nitrogens with one attached hydrogen (secondary N) is 2. The highest BCUT2D eigenvalue weighted by atomic mass is 16.6. The van der Waals surface area contributed by atoms with Crippen molar-refractivity contribution in [3.63, 3.8) is 0 Å². The highest BCUT2D eigenvalue weighted by Gasteiger charge is 2.65. The summed E-state index contributed by atoms with van der Waals surface area (Å²) in [6.45, 7) is 6.96. The first-order valence-electron chi connectivity index (χ1n) is 19.5. The van der Waals surface area contributed by atoms with Crippen molar-refractivity contribution in [2.24, 2.45) is 28.5 Å². The molecule has 6 rings (SSSR count). The number of nitrogens with two attached hydrogens (primary N) is 1. The van der Waals surface area contributed by atoms with Gasteiger partial charge in [-0.2, -0.15) is 0 Å². The highest BCUT2D eigenvalue weighted by Crippen LogP contribution is 2.63. The topological polar surface area (TPSA) is 183 Å². The molecule has 0 aromatic heterocycles. The lowest BCUT2D eigenvalue weighted by molar-refractivity contribution is -0.157. The maximum atomic E-state index is 14.3. The van der Waals surface area contributed by atoms with Crippen LogP contribution in [0.2, 0.25) is 0 Å². The van der Waals surface area contributed by atoms with E-state index in [-0.39, 0.29) is 49.2 Å². The summed E-state index contributed by atoms with van der Waals surface area (Å²) in [5, 5.41) is 5.96. The average Bonchev–Trinajstić information content (AvgIpc) is 3.51. The molecule has 2 fully saturated rings.